The first-order valence-electron chi connectivity index (χ1n) is 7.44. The first-order valence-corrected chi connectivity index (χ1v) is 7.44. The molecule has 116 valence electrons. The van der Waals surface area contributed by atoms with Crippen molar-refractivity contribution in [3.63, 3.8) is 0 Å². The second-order valence-corrected chi connectivity index (χ2v) is 6.84. The van der Waals surface area contributed by atoms with Crippen LogP contribution < -0.4 is 5.32 Å². The van der Waals surface area contributed by atoms with Gasteiger partial charge in [-0.25, -0.2) is 9.59 Å². The van der Waals surface area contributed by atoms with Crippen LogP contribution in [0.1, 0.15) is 60.3 Å². The number of carboxylic acids is 1. The summed E-state index contributed by atoms with van der Waals surface area (Å²) in [6.07, 6.45) is 4.36. The van der Waals surface area contributed by atoms with Gasteiger partial charge in [0, 0.05) is 12.6 Å². The minimum Gasteiger partial charge on any atom is -0.480 e. The molecule has 0 spiro atoms. The van der Waals surface area contributed by atoms with Gasteiger partial charge in [-0.2, -0.15) is 0 Å². The number of carbonyl (C=O) groups is 2. The van der Waals surface area contributed by atoms with Crippen molar-refractivity contribution < 1.29 is 14.7 Å². The van der Waals surface area contributed by atoms with Crippen LogP contribution in [0.25, 0.3) is 0 Å². The number of hydrogen-bond donors (Lipinski definition) is 2. The fourth-order valence-electron chi connectivity index (χ4n) is 2.90. The highest BCUT2D eigenvalue weighted by atomic mass is 16.4. The number of aliphatic carboxylic acids is 1. The quantitative estimate of drug-likeness (QED) is 0.834. The lowest BCUT2D eigenvalue weighted by atomic mass is 9.73. The first-order chi connectivity index (χ1) is 9.13. The average Bonchev–Trinajstić information content (AvgIpc) is 2.32. The molecule has 1 atom stereocenters. The lowest BCUT2D eigenvalue weighted by Crippen LogP contribution is -2.59. The molecule has 5 heteroatoms. The minimum atomic E-state index is -1.20. The van der Waals surface area contributed by atoms with Crippen molar-refractivity contribution in [2.24, 2.45) is 5.41 Å². The topological polar surface area (TPSA) is 69.6 Å². The number of nitrogens with zero attached hydrogens (tertiary/aromatic N) is 1. The van der Waals surface area contributed by atoms with Gasteiger partial charge in [-0.1, -0.05) is 26.7 Å². The Kier molecular flexibility index (Phi) is 5.05. The number of urea groups is 1. The second kappa shape index (κ2) is 6.02. The molecule has 5 nitrogen and oxygen atoms in total. The van der Waals surface area contributed by atoms with Gasteiger partial charge < -0.3 is 15.3 Å². The molecule has 2 N–H and O–H groups in total. The SMILES string of the molecule is CCN(C(=O)NC1CCCCC1(C)C)C(C)(C)C(=O)O. The van der Waals surface area contributed by atoms with Gasteiger partial charge in [0.15, 0.2) is 0 Å². The van der Waals surface area contributed by atoms with Crippen LogP contribution in [0, 0.1) is 5.41 Å². The Labute approximate surface area is 121 Å². The molecular weight excluding hydrogens is 256 g/mol. The van der Waals surface area contributed by atoms with Crippen molar-refractivity contribution in [1.29, 1.82) is 0 Å². The summed E-state index contributed by atoms with van der Waals surface area (Å²) < 4.78 is 0. The molecule has 20 heavy (non-hydrogen) atoms. The summed E-state index contributed by atoms with van der Waals surface area (Å²) in [7, 11) is 0. The zero-order valence-electron chi connectivity index (χ0n) is 13.3. The molecule has 0 saturated heterocycles. The largest absolute Gasteiger partial charge is 0.480 e. The van der Waals surface area contributed by atoms with Crippen LogP contribution in [-0.4, -0.2) is 40.1 Å². The van der Waals surface area contributed by atoms with Crippen molar-refractivity contribution in [1.82, 2.24) is 10.2 Å². The molecule has 2 amide bonds. The minimum absolute atomic E-state index is 0.0701. The number of hydrogen-bond acceptors (Lipinski definition) is 2. The van der Waals surface area contributed by atoms with Crippen molar-refractivity contribution in [3.8, 4) is 0 Å². The molecule has 0 radical (unpaired) electrons. The van der Waals surface area contributed by atoms with Gasteiger partial charge in [-0.05, 0) is 39.0 Å². The van der Waals surface area contributed by atoms with E-state index in [9.17, 15) is 14.7 Å². The van der Waals surface area contributed by atoms with Crippen LogP contribution in [0.3, 0.4) is 0 Å². The van der Waals surface area contributed by atoms with E-state index in [1.807, 2.05) is 0 Å². The summed E-state index contributed by atoms with van der Waals surface area (Å²) in [6.45, 7) is 9.62. The molecule has 1 unspecified atom stereocenters. The van der Waals surface area contributed by atoms with Gasteiger partial charge in [0.2, 0.25) is 0 Å². The number of carboxylic acid groups (broad SMARTS) is 1. The maximum absolute atomic E-state index is 12.4. The predicted molar refractivity (Wildman–Crippen MR) is 78.7 cm³/mol. The van der Waals surface area contributed by atoms with Crippen molar-refractivity contribution in [2.75, 3.05) is 6.54 Å². The summed E-state index contributed by atoms with van der Waals surface area (Å²) in [5, 5.41) is 12.3. The molecule has 1 fully saturated rings. The second-order valence-electron chi connectivity index (χ2n) is 6.84. The Bertz CT molecular complexity index is 377. The van der Waals surface area contributed by atoms with Crippen LogP contribution in [0.4, 0.5) is 4.79 Å². The van der Waals surface area contributed by atoms with Crippen LogP contribution in [-0.2, 0) is 4.79 Å². The Morgan fingerprint density at radius 3 is 2.40 bits per heavy atom. The fraction of sp³-hybridized carbons (Fsp3) is 0.867. The third-order valence-corrected chi connectivity index (χ3v) is 4.56. The number of carbonyl (C=O) groups excluding carboxylic acids is 1. The fourth-order valence-corrected chi connectivity index (χ4v) is 2.90. The molecule has 1 aliphatic rings. The van der Waals surface area contributed by atoms with Gasteiger partial charge >= 0.3 is 12.0 Å². The normalized spacial score (nSPS) is 22.1. The molecule has 0 bridgehead atoms. The van der Waals surface area contributed by atoms with Gasteiger partial charge in [0.25, 0.3) is 0 Å². The number of rotatable bonds is 4. The van der Waals surface area contributed by atoms with E-state index in [2.05, 4.69) is 19.2 Å². The molecule has 1 aliphatic carbocycles. The molecular formula is C15H28N2O3. The first kappa shape index (κ1) is 16.8. The molecule has 0 heterocycles. The highest BCUT2D eigenvalue weighted by molar-refractivity contribution is 5.85. The van der Waals surface area contributed by atoms with Gasteiger partial charge in [-0.3, -0.25) is 0 Å². The van der Waals surface area contributed by atoms with E-state index in [0.29, 0.717) is 6.54 Å². The molecule has 0 aromatic heterocycles. The Morgan fingerprint density at radius 1 is 1.35 bits per heavy atom. The van der Waals surface area contributed by atoms with E-state index in [-0.39, 0.29) is 17.5 Å². The van der Waals surface area contributed by atoms with Crippen LogP contribution in [0.2, 0.25) is 0 Å². The Morgan fingerprint density at radius 2 is 1.95 bits per heavy atom. The summed E-state index contributed by atoms with van der Waals surface area (Å²) in [4.78, 5) is 25.1. The lowest BCUT2D eigenvalue weighted by molar-refractivity contribution is -0.147. The van der Waals surface area contributed by atoms with E-state index in [1.54, 1.807) is 20.8 Å². The van der Waals surface area contributed by atoms with Crippen LogP contribution >= 0.6 is 0 Å². The van der Waals surface area contributed by atoms with E-state index in [4.69, 9.17) is 0 Å². The summed E-state index contributed by atoms with van der Waals surface area (Å²) in [5.74, 6) is -0.989. The maximum atomic E-state index is 12.4. The van der Waals surface area contributed by atoms with Gasteiger partial charge in [0.05, 0.1) is 0 Å². The lowest BCUT2D eigenvalue weighted by Gasteiger charge is -2.42. The maximum Gasteiger partial charge on any atom is 0.329 e. The zero-order chi connectivity index (χ0) is 15.6. The summed E-state index contributed by atoms with van der Waals surface area (Å²) >= 11 is 0. The average molecular weight is 284 g/mol. The molecule has 0 aromatic rings. The van der Waals surface area contributed by atoms with Gasteiger partial charge in [-0.15, -0.1) is 0 Å². The van der Waals surface area contributed by atoms with Crippen molar-refractivity contribution >= 4 is 12.0 Å². The van der Waals surface area contributed by atoms with E-state index in [1.165, 1.54) is 11.3 Å². The molecule has 1 saturated carbocycles. The third kappa shape index (κ3) is 3.44. The standard InChI is InChI=1S/C15H28N2O3/c1-6-17(15(4,5)12(18)19)13(20)16-11-9-7-8-10-14(11,2)3/h11H,6-10H2,1-5H3,(H,16,20)(H,18,19). The van der Waals surface area contributed by atoms with E-state index >= 15 is 0 Å². The summed E-state index contributed by atoms with van der Waals surface area (Å²) in [5.41, 5.74) is -1.13. The number of nitrogens with one attached hydrogen (secondary N) is 1. The van der Waals surface area contributed by atoms with E-state index < -0.39 is 11.5 Å². The molecule has 0 aliphatic heterocycles. The monoisotopic (exact) mass is 284 g/mol. The summed E-state index contributed by atoms with van der Waals surface area (Å²) in [6, 6.07) is -0.165. The predicted octanol–water partition coefficient (Wildman–Crippen LogP) is 2.85. The molecule has 1 rings (SSSR count). The van der Waals surface area contributed by atoms with Crippen LogP contribution in [0.15, 0.2) is 0 Å². The van der Waals surface area contributed by atoms with Crippen molar-refractivity contribution in [3.05, 3.63) is 0 Å². The Balaban J connectivity index is 2.80. The van der Waals surface area contributed by atoms with Crippen LogP contribution in [0.5, 0.6) is 0 Å². The van der Waals surface area contributed by atoms with E-state index in [0.717, 1.165) is 19.3 Å². The zero-order valence-corrected chi connectivity index (χ0v) is 13.3. The Hall–Kier alpha value is -1.26. The third-order valence-electron chi connectivity index (χ3n) is 4.56. The van der Waals surface area contributed by atoms with Gasteiger partial charge in [0.1, 0.15) is 5.54 Å². The highest BCUT2D eigenvalue weighted by Gasteiger charge is 2.39. The number of amides is 2. The smallest absolute Gasteiger partial charge is 0.329 e. The number of likely N-dealkylation sites (N-methyl/N-ethyl adjacent to an activating group) is 1. The highest BCUT2D eigenvalue weighted by Crippen LogP contribution is 2.35. The van der Waals surface area contributed by atoms with Crippen molar-refractivity contribution in [2.45, 2.75) is 71.9 Å². The molecule has 0 aromatic carbocycles.